The van der Waals surface area contributed by atoms with Gasteiger partial charge in [0.25, 0.3) is 5.91 Å². The SMILES string of the molecule is COc1ccc(OC)c(CN2CCN(C(=O)c3ccc(NC(=O)C(C)C)cc3)CC2)c1. The largest absolute Gasteiger partial charge is 0.497 e. The maximum Gasteiger partial charge on any atom is 0.253 e. The predicted octanol–water partition coefficient (Wildman–Crippen LogP) is 3.26. The minimum atomic E-state index is -0.0884. The van der Waals surface area contributed by atoms with Gasteiger partial charge in [0.15, 0.2) is 0 Å². The quantitative estimate of drug-likeness (QED) is 0.737. The third kappa shape index (κ3) is 5.76. The van der Waals surface area contributed by atoms with Gasteiger partial charge in [0.1, 0.15) is 11.5 Å². The normalized spacial score (nSPS) is 14.4. The average molecular weight is 426 g/mol. The molecule has 1 aliphatic rings. The van der Waals surface area contributed by atoms with Crippen molar-refractivity contribution in [1.82, 2.24) is 9.80 Å². The molecule has 31 heavy (non-hydrogen) atoms. The number of nitrogens with zero attached hydrogens (tertiary/aromatic N) is 2. The highest BCUT2D eigenvalue weighted by Crippen LogP contribution is 2.26. The molecule has 0 unspecified atom stereocenters. The van der Waals surface area contributed by atoms with Crippen LogP contribution < -0.4 is 14.8 Å². The van der Waals surface area contributed by atoms with Crippen molar-refractivity contribution in [3.05, 3.63) is 53.6 Å². The zero-order valence-corrected chi connectivity index (χ0v) is 18.7. The first-order valence-electron chi connectivity index (χ1n) is 10.5. The first kappa shape index (κ1) is 22.6. The molecule has 7 heteroatoms. The van der Waals surface area contributed by atoms with E-state index in [0.717, 1.165) is 36.7 Å². The Balaban J connectivity index is 1.56. The molecule has 0 aromatic heterocycles. The van der Waals surface area contributed by atoms with Gasteiger partial charge >= 0.3 is 0 Å². The van der Waals surface area contributed by atoms with Crippen molar-refractivity contribution in [2.45, 2.75) is 20.4 Å². The summed E-state index contributed by atoms with van der Waals surface area (Å²) in [5.41, 5.74) is 2.40. The van der Waals surface area contributed by atoms with Crippen LogP contribution in [0.5, 0.6) is 11.5 Å². The highest BCUT2D eigenvalue weighted by Gasteiger charge is 2.23. The lowest BCUT2D eigenvalue weighted by atomic mass is 10.1. The van der Waals surface area contributed by atoms with Crippen LogP contribution in [0.25, 0.3) is 0 Å². The van der Waals surface area contributed by atoms with E-state index in [1.165, 1.54) is 0 Å². The Morgan fingerprint density at radius 1 is 0.968 bits per heavy atom. The number of hydrogen-bond donors (Lipinski definition) is 1. The summed E-state index contributed by atoms with van der Waals surface area (Å²) in [6.45, 7) is 7.33. The second-order valence-corrected chi connectivity index (χ2v) is 7.97. The molecular formula is C24H31N3O4. The van der Waals surface area contributed by atoms with E-state index in [0.29, 0.717) is 24.3 Å². The summed E-state index contributed by atoms with van der Waals surface area (Å²) in [6, 6.07) is 12.9. The molecule has 2 amide bonds. The summed E-state index contributed by atoms with van der Waals surface area (Å²) in [5, 5.41) is 2.84. The molecule has 1 saturated heterocycles. The molecule has 1 fully saturated rings. The van der Waals surface area contributed by atoms with Gasteiger partial charge in [0, 0.05) is 55.5 Å². The third-order valence-electron chi connectivity index (χ3n) is 5.46. The summed E-state index contributed by atoms with van der Waals surface area (Å²) in [7, 11) is 3.32. The fourth-order valence-electron chi connectivity index (χ4n) is 3.52. The van der Waals surface area contributed by atoms with Crippen LogP contribution in [0, 0.1) is 5.92 Å². The number of rotatable bonds is 7. The molecule has 1 aliphatic heterocycles. The molecule has 3 rings (SSSR count). The molecule has 166 valence electrons. The number of nitrogens with one attached hydrogen (secondary N) is 1. The fraction of sp³-hybridized carbons (Fsp3) is 0.417. The van der Waals surface area contributed by atoms with E-state index in [-0.39, 0.29) is 17.7 Å². The molecule has 2 aromatic carbocycles. The zero-order valence-electron chi connectivity index (χ0n) is 18.7. The van der Waals surface area contributed by atoms with Crippen LogP contribution in [-0.2, 0) is 11.3 Å². The summed E-state index contributed by atoms with van der Waals surface area (Å²) >= 11 is 0. The number of benzene rings is 2. The first-order chi connectivity index (χ1) is 14.9. The van der Waals surface area contributed by atoms with E-state index in [1.807, 2.05) is 36.9 Å². The van der Waals surface area contributed by atoms with Crippen molar-refractivity contribution in [2.24, 2.45) is 5.92 Å². The molecule has 1 N–H and O–H groups in total. The fourth-order valence-corrected chi connectivity index (χ4v) is 3.52. The Hall–Kier alpha value is -3.06. The van der Waals surface area contributed by atoms with Crippen LogP contribution in [0.4, 0.5) is 5.69 Å². The molecule has 1 heterocycles. The lowest BCUT2D eigenvalue weighted by Crippen LogP contribution is -2.48. The number of ether oxygens (including phenoxy) is 2. The summed E-state index contributed by atoms with van der Waals surface area (Å²) in [5.74, 6) is 1.53. The second kappa shape index (κ2) is 10.3. The van der Waals surface area contributed by atoms with Gasteiger partial charge in [-0.15, -0.1) is 0 Å². The van der Waals surface area contributed by atoms with Gasteiger partial charge < -0.3 is 19.7 Å². The minimum Gasteiger partial charge on any atom is -0.497 e. The number of methoxy groups -OCH3 is 2. The Kier molecular flexibility index (Phi) is 7.52. The van der Waals surface area contributed by atoms with Crippen molar-refractivity contribution in [3.63, 3.8) is 0 Å². The highest BCUT2D eigenvalue weighted by atomic mass is 16.5. The van der Waals surface area contributed by atoms with Crippen LogP contribution in [0.3, 0.4) is 0 Å². The number of carbonyl (C=O) groups is 2. The van der Waals surface area contributed by atoms with Crippen molar-refractivity contribution in [2.75, 3.05) is 45.7 Å². The third-order valence-corrected chi connectivity index (χ3v) is 5.46. The standard InChI is InChI=1S/C24H31N3O4/c1-17(2)23(28)25-20-7-5-18(6-8-20)24(29)27-13-11-26(12-14-27)16-19-15-21(30-3)9-10-22(19)31-4/h5-10,15,17H,11-14,16H2,1-4H3,(H,25,28). The van der Waals surface area contributed by atoms with Gasteiger partial charge in [-0.05, 0) is 42.5 Å². The van der Waals surface area contributed by atoms with E-state index in [1.54, 1.807) is 38.5 Å². The number of hydrogen-bond acceptors (Lipinski definition) is 5. The van der Waals surface area contributed by atoms with Gasteiger partial charge in [0.2, 0.25) is 5.91 Å². The molecule has 0 atom stereocenters. The van der Waals surface area contributed by atoms with Gasteiger partial charge in [-0.3, -0.25) is 14.5 Å². The molecule has 0 aliphatic carbocycles. The molecule has 0 spiro atoms. The lowest BCUT2D eigenvalue weighted by Gasteiger charge is -2.35. The van der Waals surface area contributed by atoms with Crippen LogP contribution in [0.15, 0.2) is 42.5 Å². The van der Waals surface area contributed by atoms with Crippen LogP contribution in [-0.4, -0.2) is 62.0 Å². The highest BCUT2D eigenvalue weighted by molar-refractivity contribution is 5.96. The van der Waals surface area contributed by atoms with Crippen LogP contribution >= 0.6 is 0 Å². The molecular weight excluding hydrogens is 394 g/mol. The maximum absolute atomic E-state index is 12.9. The van der Waals surface area contributed by atoms with Gasteiger partial charge in [0.05, 0.1) is 14.2 Å². The van der Waals surface area contributed by atoms with E-state index < -0.39 is 0 Å². The van der Waals surface area contributed by atoms with Gasteiger partial charge in [-0.25, -0.2) is 0 Å². The number of amides is 2. The van der Waals surface area contributed by atoms with Crippen LogP contribution in [0.2, 0.25) is 0 Å². The Bertz CT molecular complexity index is 904. The van der Waals surface area contributed by atoms with Crippen molar-refractivity contribution >= 4 is 17.5 Å². The molecule has 2 aromatic rings. The Morgan fingerprint density at radius 3 is 2.23 bits per heavy atom. The number of carbonyl (C=O) groups excluding carboxylic acids is 2. The lowest BCUT2D eigenvalue weighted by molar-refractivity contribution is -0.118. The van der Waals surface area contributed by atoms with Gasteiger partial charge in [-0.2, -0.15) is 0 Å². The van der Waals surface area contributed by atoms with Crippen molar-refractivity contribution in [3.8, 4) is 11.5 Å². The predicted molar refractivity (Wildman–Crippen MR) is 121 cm³/mol. The van der Waals surface area contributed by atoms with E-state index in [9.17, 15) is 9.59 Å². The van der Waals surface area contributed by atoms with Crippen molar-refractivity contribution < 1.29 is 19.1 Å². The maximum atomic E-state index is 12.9. The summed E-state index contributed by atoms with van der Waals surface area (Å²) in [4.78, 5) is 28.9. The Labute approximate surface area is 183 Å². The monoisotopic (exact) mass is 425 g/mol. The van der Waals surface area contributed by atoms with Crippen LogP contribution in [0.1, 0.15) is 29.8 Å². The summed E-state index contributed by atoms with van der Waals surface area (Å²) < 4.78 is 10.8. The van der Waals surface area contributed by atoms with E-state index in [4.69, 9.17) is 9.47 Å². The average Bonchev–Trinajstić information content (AvgIpc) is 2.79. The first-order valence-corrected chi connectivity index (χ1v) is 10.5. The zero-order chi connectivity index (χ0) is 22.4. The molecule has 0 saturated carbocycles. The smallest absolute Gasteiger partial charge is 0.253 e. The topological polar surface area (TPSA) is 71.1 Å². The molecule has 7 nitrogen and oxygen atoms in total. The van der Waals surface area contributed by atoms with Crippen molar-refractivity contribution in [1.29, 1.82) is 0 Å². The second-order valence-electron chi connectivity index (χ2n) is 7.97. The van der Waals surface area contributed by atoms with E-state index in [2.05, 4.69) is 10.2 Å². The minimum absolute atomic E-state index is 0.0142. The molecule has 0 radical (unpaired) electrons. The number of anilines is 1. The molecule has 0 bridgehead atoms. The Morgan fingerprint density at radius 2 is 1.65 bits per heavy atom. The van der Waals surface area contributed by atoms with E-state index >= 15 is 0 Å². The number of piperazine rings is 1. The summed E-state index contributed by atoms with van der Waals surface area (Å²) in [6.07, 6.45) is 0. The van der Waals surface area contributed by atoms with Gasteiger partial charge in [-0.1, -0.05) is 13.8 Å².